The molecular formula is C7H10N2O2S2. The molecule has 0 aliphatic carbocycles. The maximum atomic E-state index is 11.3. The number of carbonyl (C=O) groups is 2. The van der Waals surface area contributed by atoms with E-state index in [2.05, 4.69) is 0 Å². The van der Waals surface area contributed by atoms with Crippen molar-refractivity contribution in [1.29, 1.82) is 0 Å². The van der Waals surface area contributed by atoms with Crippen LogP contribution < -0.4 is 0 Å². The number of hydrogen-bond acceptors (Lipinski definition) is 4. The van der Waals surface area contributed by atoms with Gasteiger partial charge in [0.25, 0.3) is 0 Å². The van der Waals surface area contributed by atoms with Crippen molar-refractivity contribution in [2.75, 3.05) is 26.4 Å². The molecule has 72 valence electrons. The number of nitrogens with zero attached hydrogens (tertiary/aromatic N) is 2. The van der Waals surface area contributed by atoms with Crippen molar-refractivity contribution in [3.05, 3.63) is 0 Å². The molecule has 0 atom stereocenters. The highest BCUT2D eigenvalue weighted by Crippen LogP contribution is 2.18. The second kappa shape index (κ2) is 4.06. The molecule has 0 aromatic carbocycles. The number of thioether (sulfide) groups is 1. The second-order valence-corrected chi connectivity index (χ2v) is 4.43. The van der Waals surface area contributed by atoms with E-state index < -0.39 is 0 Å². The lowest BCUT2D eigenvalue weighted by Crippen LogP contribution is -2.39. The summed E-state index contributed by atoms with van der Waals surface area (Å²) in [4.78, 5) is 25.2. The van der Waals surface area contributed by atoms with Crippen LogP contribution in [0.25, 0.3) is 0 Å². The van der Waals surface area contributed by atoms with Crippen LogP contribution in [0.15, 0.2) is 0 Å². The van der Waals surface area contributed by atoms with Gasteiger partial charge in [0.15, 0.2) is 0 Å². The minimum Gasteiger partial charge on any atom is -0.347 e. The average Bonchev–Trinajstić information content (AvgIpc) is 2.35. The quantitative estimate of drug-likeness (QED) is 0.609. The van der Waals surface area contributed by atoms with Gasteiger partial charge in [-0.2, -0.15) is 0 Å². The molecule has 2 amide bonds. The van der Waals surface area contributed by atoms with Crippen LogP contribution in [0.5, 0.6) is 0 Å². The minimum absolute atomic E-state index is 0.0671. The van der Waals surface area contributed by atoms with Crippen molar-refractivity contribution < 1.29 is 9.59 Å². The van der Waals surface area contributed by atoms with E-state index in [4.69, 9.17) is 12.2 Å². The smallest absolute Gasteiger partial charge is 0.242 e. The fraction of sp³-hybridized carbons (Fsp3) is 0.571. The molecule has 0 radical (unpaired) electrons. The van der Waals surface area contributed by atoms with Crippen LogP contribution in [-0.2, 0) is 9.59 Å². The molecule has 1 heterocycles. The van der Waals surface area contributed by atoms with Gasteiger partial charge in [0, 0.05) is 14.1 Å². The van der Waals surface area contributed by atoms with Gasteiger partial charge in [0.05, 0.1) is 5.75 Å². The first-order chi connectivity index (χ1) is 6.02. The largest absolute Gasteiger partial charge is 0.347 e. The van der Waals surface area contributed by atoms with E-state index in [9.17, 15) is 9.59 Å². The summed E-state index contributed by atoms with van der Waals surface area (Å²) >= 11 is 6.22. The summed E-state index contributed by atoms with van der Waals surface area (Å²) < 4.78 is 0.500. The lowest BCUT2D eigenvalue weighted by Gasteiger charge is -2.17. The Kier molecular flexibility index (Phi) is 3.27. The van der Waals surface area contributed by atoms with Gasteiger partial charge >= 0.3 is 0 Å². The third kappa shape index (κ3) is 2.41. The van der Waals surface area contributed by atoms with E-state index in [1.807, 2.05) is 0 Å². The molecule has 1 rings (SSSR count). The zero-order valence-electron chi connectivity index (χ0n) is 7.44. The van der Waals surface area contributed by atoms with Gasteiger partial charge in [-0.1, -0.05) is 24.0 Å². The van der Waals surface area contributed by atoms with Crippen LogP contribution >= 0.6 is 24.0 Å². The summed E-state index contributed by atoms with van der Waals surface area (Å²) in [6.07, 6.45) is 0. The van der Waals surface area contributed by atoms with E-state index in [1.54, 1.807) is 14.1 Å². The fourth-order valence-corrected chi connectivity index (χ4v) is 1.88. The van der Waals surface area contributed by atoms with Crippen molar-refractivity contribution >= 4 is 40.1 Å². The van der Waals surface area contributed by atoms with Crippen LogP contribution in [0, 0.1) is 0 Å². The SMILES string of the molecule is CN(C)C(=O)CN1C(=O)CSC1=S. The number of likely N-dealkylation sites (N-methyl/N-ethyl adjacent to an activating group) is 1. The van der Waals surface area contributed by atoms with E-state index in [0.29, 0.717) is 10.1 Å². The third-order valence-corrected chi connectivity index (χ3v) is 3.07. The molecule has 0 spiro atoms. The van der Waals surface area contributed by atoms with E-state index in [0.717, 1.165) is 0 Å². The maximum Gasteiger partial charge on any atom is 0.242 e. The minimum atomic E-state index is -0.113. The summed E-state index contributed by atoms with van der Waals surface area (Å²) in [6, 6.07) is 0. The van der Waals surface area contributed by atoms with Gasteiger partial charge in [0.1, 0.15) is 10.9 Å². The van der Waals surface area contributed by atoms with Gasteiger partial charge in [-0.05, 0) is 0 Å². The Bertz CT molecular complexity index is 249. The number of carbonyl (C=O) groups excluding carboxylic acids is 2. The highest BCUT2D eigenvalue weighted by atomic mass is 32.2. The van der Waals surface area contributed by atoms with Crippen LogP contribution in [0.1, 0.15) is 0 Å². The Hall–Kier alpha value is -0.620. The molecule has 6 heteroatoms. The fourth-order valence-electron chi connectivity index (χ4n) is 0.811. The van der Waals surface area contributed by atoms with Crippen molar-refractivity contribution in [2.45, 2.75) is 0 Å². The topological polar surface area (TPSA) is 40.6 Å². The van der Waals surface area contributed by atoms with Crippen LogP contribution in [-0.4, -0.2) is 52.3 Å². The molecule has 0 N–H and O–H groups in total. The number of rotatable bonds is 2. The Labute approximate surface area is 86.2 Å². The van der Waals surface area contributed by atoms with Gasteiger partial charge in [0.2, 0.25) is 11.8 Å². The highest BCUT2D eigenvalue weighted by molar-refractivity contribution is 8.23. The molecule has 0 aromatic heterocycles. The molecule has 1 fully saturated rings. The third-order valence-electron chi connectivity index (χ3n) is 1.63. The molecule has 1 aliphatic heterocycles. The summed E-state index contributed by atoms with van der Waals surface area (Å²) in [5, 5.41) is 0. The Morgan fingerprint density at radius 1 is 1.69 bits per heavy atom. The van der Waals surface area contributed by atoms with Crippen molar-refractivity contribution in [3.8, 4) is 0 Å². The lowest BCUT2D eigenvalue weighted by molar-refractivity contribution is -0.134. The molecule has 13 heavy (non-hydrogen) atoms. The molecule has 1 aliphatic rings. The van der Waals surface area contributed by atoms with Crippen LogP contribution in [0.2, 0.25) is 0 Å². The lowest BCUT2D eigenvalue weighted by atomic mass is 10.5. The average molecular weight is 218 g/mol. The first-order valence-electron chi connectivity index (χ1n) is 3.69. The van der Waals surface area contributed by atoms with Crippen LogP contribution in [0.4, 0.5) is 0 Å². The Balaban J connectivity index is 2.58. The maximum absolute atomic E-state index is 11.3. The van der Waals surface area contributed by atoms with Gasteiger partial charge in [-0.15, -0.1) is 0 Å². The molecule has 4 nitrogen and oxygen atoms in total. The normalized spacial score (nSPS) is 16.6. The zero-order chi connectivity index (χ0) is 10.0. The Morgan fingerprint density at radius 2 is 2.31 bits per heavy atom. The first-order valence-corrected chi connectivity index (χ1v) is 5.09. The summed E-state index contributed by atoms with van der Waals surface area (Å²) in [5.74, 6) is 0.169. The number of thiocarbonyl (C=S) groups is 1. The molecule has 1 saturated heterocycles. The number of hydrogen-bond donors (Lipinski definition) is 0. The molecule has 0 bridgehead atoms. The van der Waals surface area contributed by atoms with Gasteiger partial charge in [-0.25, -0.2) is 0 Å². The van der Waals surface area contributed by atoms with Crippen molar-refractivity contribution in [1.82, 2.24) is 9.80 Å². The van der Waals surface area contributed by atoms with Gasteiger partial charge < -0.3 is 4.90 Å². The summed E-state index contributed by atoms with van der Waals surface area (Å²) in [6.45, 7) is 0.0671. The molecular weight excluding hydrogens is 208 g/mol. The van der Waals surface area contributed by atoms with E-state index >= 15 is 0 Å². The molecule has 0 aromatic rings. The van der Waals surface area contributed by atoms with Crippen molar-refractivity contribution in [3.63, 3.8) is 0 Å². The summed E-state index contributed by atoms with van der Waals surface area (Å²) in [5.41, 5.74) is 0. The predicted molar refractivity (Wildman–Crippen MR) is 55.5 cm³/mol. The predicted octanol–water partition coefficient (Wildman–Crippen LogP) is -0.0651. The summed E-state index contributed by atoms with van der Waals surface area (Å²) in [7, 11) is 3.30. The molecule has 0 saturated carbocycles. The molecule has 0 unspecified atom stereocenters. The zero-order valence-corrected chi connectivity index (χ0v) is 9.07. The van der Waals surface area contributed by atoms with E-state index in [1.165, 1.54) is 21.6 Å². The first kappa shape index (κ1) is 10.5. The number of amides is 2. The second-order valence-electron chi connectivity index (χ2n) is 2.82. The standard InChI is InChI=1S/C7H10N2O2S2/c1-8(2)5(10)3-9-6(11)4-13-7(9)12/h3-4H2,1-2H3. The van der Waals surface area contributed by atoms with Crippen molar-refractivity contribution in [2.24, 2.45) is 0 Å². The van der Waals surface area contributed by atoms with E-state index in [-0.39, 0.29) is 18.4 Å². The highest BCUT2D eigenvalue weighted by Gasteiger charge is 2.28. The monoisotopic (exact) mass is 218 g/mol. The van der Waals surface area contributed by atoms with Gasteiger partial charge in [-0.3, -0.25) is 14.5 Å². The van der Waals surface area contributed by atoms with Crippen LogP contribution in [0.3, 0.4) is 0 Å². The Morgan fingerprint density at radius 3 is 2.69 bits per heavy atom.